The van der Waals surface area contributed by atoms with Gasteiger partial charge in [-0.1, -0.05) is 25.3 Å². The van der Waals surface area contributed by atoms with Crippen LogP contribution < -0.4 is 10.9 Å². The van der Waals surface area contributed by atoms with Crippen LogP contribution in [-0.2, 0) is 16.1 Å². The first-order valence-corrected chi connectivity index (χ1v) is 9.93. The zero-order chi connectivity index (χ0) is 19.1. The van der Waals surface area contributed by atoms with E-state index in [0.717, 1.165) is 31.4 Å². The molecule has 4 atom stereocenters. The summed E-state index contributed by atoms with van der Waals surface area (Å²) in [4.78, 5) is 39.5. The molecule has 3 aliphatic rings. The van der Waals surface area contributed by atoms with Crippen LogP contribution in [-0.4, -0.2) is 45.1 Å². The molecule has 1 saturated heterocycles. The summed E-state index contributed by atoms with van der Waals surface area (Å²) in [7, 11) is 0. The van der Waals surface area contributed by atoms with E-state index < -0.39 is 6.04 Å². The van der Waals surface area contributed by atoms with E-state index in [1.54, 1.807) is 15.5 Å². The fourth-order valence-electron chi connectivity index (χ4n) is 5.33. The van der Waals surface area contributed by atoms with E-state index in [1.165, 1.54) is 19.4 Å². The zero-order valence-electron chi connectivity index (χ0n) is 15.6. The fourth-order valence-corrected chi connectivity index (χ4v) is 5.33. The molecule has 1 saturated carbocycles. The van der Waals surface area contributed by atoms with Gasteiger partial charge in [-0.15, -0.1) is 0 Å². The molecule has 0 bridgehead atoms. The third-order valence-corrected chi connectivity index (χ3v) is 6.53. The number of aromatic nitrogens is 1. The van der Waals surface area contributed by atoms with Crippen LogP contribution >= 0.6 is 0 Å². The van der Waals surface area contributed by atoms with Gasteiger partial charge in [0.1, 0.15) is 6.04 Å². The van der Waals surface area contributed by atoms with Gasteiger partial charge in [-0.25, -0.2) is 0 Å². The van der Waals surface area contributed by atoms with Crippen molar-refractivity contribution in [3.05, 3.63) is 34.2 Å². The highest BCUT2D eigenvalue weighted by Gasteiger charge is 2.56. The van der Waals surface area contributed by atoms with Crippen LogP contribution in [0, 0.1) is 11.8 Å². The van der Waals surface area contributed by atoms with Crippen molar-refractivity contribution in [1.82, 2.24) is 14.8 Å². The van der Waals surface area contributed by atoms with Gasteiger partial charge in [-0.2, -0.15) is 0 Å². The Morgan fingerprint density at radius 2 is 1.96 bits per heavy atom. The molecule has 4 rings (SSSR count). The molecule has 2 aliphatic heterocycles. The molecule has 3 heterocycles. The second kappa shape index (κ2) is 7.11. The van der Waals surface area contributed by atoms with Crippen molar-refractivity contribution >= 4 is 11.8 Å². The number of rotatable bonds is 3. The first-order valence-electron chi connectivity index (χ1n) is 9.93. The number of hydrogen-bond donors (Lipinski definition) is 2. The number of likely N-dealkylation sites (tertiary alicyclic amines) is 1. The molecule has 27 heavy (non-hydrogen) atoms. The van der Waals surface area contributed by atoms with E-state index >= 15 is 0 Å². The lowest BCUT2D eigenvalue weighted by Gasteiger charge is -2.32. The van der Waals surface area contributed by atoms with E-state index in [4.69, 9.17) is 0 Å². The Labute approximate surface area is 158 Å². The monoisotopic (exact) mass is 373 g/mol. The predicted octanol–water partition coefficient (Wildman–Crippen LogP) is 0.807. The number of nitrogens with zero attached hydrogens (tertiary/aromatic N) is 2. The number of amides is 2. The van der Waals surface area contributed by atoms with Gasteiger partial charge < -0.3 is 19.9 Å². The molecular formula is C20H27N3O4. The minimum Gasteiger partial charge on any atom is -0.396 e. The number of carbonyl (C=O) groups excluding carboxylic acids is 2. The molecule has 2 fully saturated rings. The SMILES string of the molecule is CC(=O)N1[C@@H]2c3cccc(=O)n3C[C@@H]2[C@@H](CO)[C@@H]1C(=O)NC1CCCCC1. The van der Waals surface area contributed by atoms with Crippen molar-refractivity contribution in [2.75, 3.05) is 6.61 Å². The average Bonchev–Trinajstić information content (AvgIpc) is 3.17. The quantitative estimate of drug-likeness (QED) is 0.820. The number of carbonyl (C=O) groups is 2. The standard InChI is InChI=1S/C20H27N3O4/c1-12(25)23-18-14(10-22-16(18)8-5-9-17(22)26)15(11-24)19(23)20(27)21-13-6-3-2-4-7-13/h5,8-9,13-15,18-19,24H,2-4,6-7,10-11H2,1H3,(H,21,27)/t14-,15-,18+,19-/m1/s1. The maximum atomic E-state index is 13.1. The van der Waals surface area contributed by atoms with E-state index in [-0.39, 0.29) is 47.9 Å². The number of pyridine rings is 1. The summed E-state index contributed by atoms with van der Waals surface area (Å²) in [5, 5.41) is 13.2. The molecule has 1 aliphatic carbocycles. The third-order valence-electron chi connectivity index (χ3n) is 6.53. The minimum atomic E-state index is -0.687. The summed E-state index contributed by atoms with van der Waals surface area (Å²) in [5.41, 5.74) is 0.652. The summed E-state index contributed by atoms with van der Waals surface area (Å²) in [6.45, 7) is 1.71. The zero-order valence-corrected chi connectivity index (χ0v) is 15.6. The van der Waals surface area contributed by atoms with Crippen LogP contribution in [0.1, 0.15) is 50.8 Å². The van der Waals surface area contributed by atoms with Gasteiger partial charge in [0.2, 0.25) is 11.8 Å². The van der Waals surface area contributed by atoms with E-state index in [1.807, 2.05) is 6.07 Å². The summed E-state index contributed by atoms with van der Waals surface area (Å²) in [6.07, 6.45) is 5.35. The van der Waals surface area contributed by atoms with Gasteiger partial charge >= 0.3 is 0 Å². The smallest absolute Gasteiger partial charge is 0.250 e. The molecule has 0 aromatic carbocycles. The van der Waals surface area contributed by atoms with Crippen LogP contribution in [0.4, 0.5) is 0 Å². The number of aliphatic hydroxyl groups is 1. The molecule has 7 nitrogen and oxygen atoms in total. The number of hydrogen-bond acceptors (Lipinski definition) is 4. The predicted molar refractivity (Wildman–Crippen MR) is 98.8 cm³/mol. The number of fused-ring (bicyclic) bond motifs is 3. The van der Waals surface area contributed by atoms with Crippen LogP contribution in [0.2, 0.25) is 0 Å². The molecule has 2 N–H and O–H groups in total. The molecule has 2 amide bonds. The normalized spacial score (nSPS) is 30.1. The van der Waals surface area contributed by atoms with Gasteiger partial charge in [-0.05, 0) is 18.9 Å². The Balaban J connectivity index is 1.66. The van der Waals surface area contributed by atoms with Crippen LogP contribution in [0.5, 0.6) is 0 Å². The third kappa shape index (κ3) is 2.98. The topological polar surface area (TPSA) is 91.6 Å². The van der Waals surface area contributed by atoms with Gasteiger partial charge in [0.25, 0.3) is 5.56 Å². The molecule has 1 aromatic rings. The van der Waals surface area contributed by atoms with Crippen molar-refractivity contribution in [2.45, 2.75) is 63.7 Å². The van der Waals surface area contributed by atoms with E-state index in [2.05, 4.69) is 5.32 Å². The Hall–Kier alpha value is -2.15. The Bertz CT molecular complexity index is 799. The lowest BCUT2D eigenvalue weighted by molar-refractivity contribution is -0.140. The summed E-state index contributed by atoms with van der Waals surface area (Å²) >= 11 is 0. The fraction of sp³-hybridized carbons (Fsp3) is 0.650. The number of nitrogens with one attached hydrogen (secondary N) is 1. The van der Waals surface area contributed by atoms with Crippen molar-refractivity contribution < 1.29 is 14.7 Å². The van der Waals surface area contributed by atoms with E-state index in [9.17, 15) is 19.5 Å². The molecule has 146 valence electrons. The van der Waals surface area contributed by atoms with Gasteiger partial charge in [0, 0.05) is 49.7 Å². The lowest BCUT2D eigenvalue weighted by atomic mass is 9.87. The maximum Gasteiger partial charge on any atom is 0.250 e. The first-order chi connectivity index (χ1) is 13.0. The summed E-state index contributed by atoms with van der Waals surface area (Å²) < 4.78 is 1.67. The minimum absolute atomic E-state index is 0.106. The molecule has 0 spiro atoms. The summed E-state index contributed by atoms with van der Waals surface area (Å²) in [5.74, 6) is -0.872. The average molecular weight is 373 g/mol. The van der Waals surface area contributed by atoms with Crippen molar-refractivity contribution in [3.63, 3.8) is 0 Å². The second-order valence-corrected chi connectivity index (χ2v) is 8.07. The van der Waals surface area contributed by atoms with Gasteiger partial charge in [0.05, 0.1) is 6.04 Å². The first kappa shape index (κ1) is 18.2. The molecule has 0 radical (unpaired) electrons. The largest absolute Gasteiger partial charge is 0.396 e. The lowest BCUT2D eigenvalue weighted by Crippen LogP contribution is -2.52. The molecule has 0 unspecified atom stereocenters. The Morgan fingerprint density at radius 1 is 1.22 bits per heavy atom. The highest BCUT2D eigenvalue weighted by Crippen LogP contribution is 2.49. The van der Waals surface area contributed by atoms with Crippen LogP contribution in [0.3, 0.4) is 0 Å². The Morgan fingerprint density at radius 3 is 2.63 bits per heavy atom. The highest BCUT2D eigenvalue weighted by molar-refractivity contribution is 5.88. The molecule has 7 heteroatoms. The van der Waals surface area contributed by atoms with Gasteiger partial charge in [0.15, 0.2) is 0 Å². The van der Waals surface area contributed by atoms with Crippen molar-refractivity contribution in [1.29, 1.82) is 0 Å². The second-order valence-electron chi connectivity index (χ2n) is 8.07. The molecule has 1 aromatic heterocycles. The van der Waals surface area contributed by atoms with E-state index in [0.29, 0.717) is 6.54 Å². The molecular weight excluding hydrogens is 346 g/mol. The van der Waals surface area contributed by atoms with Crippen LogP contribution in [0.25, 0.3) is 0 Å². The van der Waals surface area contributed by atoms with Crippen molar-refractivity contribution in [2.24, 2.45) is 11.8 Å². The summed E-state index contributed by atoms with van der Waals surface area (Å²) in [6, 6.07) is 4.17. The van der Waals surface area contributed by atoms with Crippen LogP contribution in [0.15, 0.2) is 23.0 Å². The number of aliphatic hydroxyl groups excluding tert-OH is 1. The Kier molecular flexibility index (Phi) is 4.80. The van der Waals surface area contributed by atoms with Crippen molar-refractivity contribution in [3.8, 4) is 0 Å². The highest BCUT2D eigenvalue weighted by atomic mass is 16.3. The maximum absolute atomic E-state index is 13.1. The van der Waals surface area contributed by atoms with Gasteiger partial charge in [-0.3, -0.25) is 14.4 Å².